The number of carbonyl (C=O) groups excluding carboxylic acids is 2. The van der Waals surface area contributed by atoms with E-state index in [1.54, 1.807) is 17.0 Å². The summed E-state index contributed by atoms with van der Waals surface area (Å²) in [5.74, 6) is -0.0264. The molecule has 0 radical (unpaired) electrons. The molecule has 1 aromatic carbocycles. The van der Waals surface area contributed by atoms with Crippen LogP contribution >= 0.6 is 0 Å². The number of oxime groups is 1. The Labute approximate surface area is 164 Å². The zero-order valence-electron chi connectivity index (χ0n) is 16.0. The molecular weight excluding hydrogens is 361 g/mol. The van der Waals surface area contributed by atoms with E-state index >= 15 is 0 Å². The molecule has 0 saturated carbocycles. The minimum atomic E-state index is -0.582. The van der Waals surface area contributed by atoms with Gasteiger partial charge in [0.1, 0.15) is 5.82 Å². The first-order valence-corrected chi connectivity index (χ1v) is 10.1. The van der Waals surface area contributed by atoms with Crippen molar-refractivity contribution in [1.82, 2.24) is 9.80 Å². The van der Waals surface area contributed by atoms with Crippen LogP contribution in [0.2, 0.25) is 0 Å². The van der Waals surface area contributed by atoms with Gasteiger partial charge < -0.3 is 14.6 Å². The van der Waals surface area contributed by atoms with Crippen LogP contribution in [0, 0.1) is 11.7 Å². The monoisotopic (exact) mass is 387 g/mol. The van der Waals surface area contributed by atoms with E-state index in [0.717, 1.165) is 50.0 Å². The fourth-order valence-electron chi connectivity index (χ4n) is 4.25. The van der Waals surface area contributed by atoms with Gasteiger partial charge in [0.05, 0.1) is 5.71 Å². The molecule has 2 fully saturated rings. The summed E-state index contributed by atoms with van der Waals surface area (Å²) in [6.45, 7) is 2.94. The number of nitrogens with zero attached hydrogens (tertiary/aromatic N) is 3. The summed E-state index contributed by atoms with van der Waals surface area (Å²) in [5, 5.41) is 4.06. The van der Waals surface area contributed by atoms with E-state index in [1.165, 1.54) is 12.1 Å². The number of carbonyl (C=O) groups is 2. The van der Waals surface area contributed by atoms with E-state index in [-0.39, 0.29) is 23.5 Å². The van der Waals surface area contributed by atoms with Crippen LogP contribution in [0.25, 0.3) is 0 Å². The second-order valence-corrected chi connectivity index (χ2v) is 7.89. The molecule has 28 heavy (non-hydrogen) atoms. The summed E-state index contributed by atoms with van der Waals surface area (Å²) < 4.78 is 13.0. The number of rotatable bonds is 4. The average Bonchev–Trinajstić information content (AvgIpc) is 3.41. The zero-order valence-corrected chi connectivity index (χ0v) is 16.0. The standard InChI is InChI=1S/C21H26FN3O3/c22-17-5-3-15(4-6-17)13-18-14-19(28-23-18)21(27)25-11-7-16(8-12-25)20(26)24-9-1-2-10-24/h3-6,16,19H,1-2,7-14H2. The number of hydrogen-bond donors (Lipinski definition) is 0. The van der Waals surface area contributed by atoms with Crippen molar-refractivity contribution in [3.05, 3.63) is 35.6 Å². The Kier molecular flexibility index (Phi) is 5.59. The highest BCUT2D eigenvalue weighted by molar-refractivity contribution is 5.94. The van der Waals surface area contributed by atoms with Crippen molar-refractivity contribution in [2.45, 2.75) is 44.6 Å². The fraction of sp³-hybridized carbons (Fsp3) is 0.571. The predicted octanol–water partition coefficient (Wildman–Crippen LogP) is 2.37. The van der Waals surface area contributed by atoms with Crippen molar-refractivity contribution in [2.75, 3.05) is 26.2 Å². The van der Waals surface area contributed by atoms with Crippen molar-refractivity contribution >= 4 is 17.5 Å². The molecule has 150 valence electrons. The summed E-state index contributed by atoms with van der Waals surface area (Å²) >= 11 is 0. The van der Waals surface area contributed by atoms with Crippen molar-refractivity contribution in [1.29, 1.82) is 0 Å². The molecule has 1 aromatic rings. The van der Waals surface area contributed by atoms with Crippen LogP contribution in [0.15, 0.2) is 29.4 Å². The lowest BCUT2D eigenvalue weighted by Gasteiger charge is -2.33. The maximum atomic E-state index is 13.0. The molecule has 2 saturated heterocycles. The van der Waals surface area contributed by atoms with E-state index in [1.807, 2.05) is 4.90 Å². The molecule has 0 N–H and O–H groups in total. The summed E-state index contributed by atoms with van der Waals surface area (Å²) in [4.78, 5) is 34.4. The van der Waals surface area contributed by atoms with Crippen molar-refractivity contribution < 1.29 is 18.8 Å². The minimum Gasteiger partial charge on any atom is -0.382 e. The highest BCUT2D eigenvalue weighted by Crippen LogP contribution is 2.24. The van der Waals surface area contributed by atoms with E-state index in [4.69, 9.17) is 4.84 Å². The van der Waals surface area contributed by atoms with Crippen LogP contribution < -0.4 is 0 Å². The first-order valence-electron chi connectivity index (χ1n) is 10.1. The smallest absolute Gasteiger partial charge is 0.266 e. The molecule has 6 nitrogen and oxygen atoms in total. The first-order chi connectivity index (χ1) is 13.6. The van der Waals surface area contributed by atoms with Crippen LogP contribution in [0.1, 0.15) is 37.7 Å². The normalized spacial score (nSPS) is 22.9. The van der Waals surface area contributed by atoms with Crippen LogP contribution in [-0.2, 0) is 20.8 Å². The van der Waals surface area contributed by atoms with Gasteiger partial charge in [-0.25, -0.2) is 4.39 Å². The van der Waals surface area contributed by atoms with Gasteiger partial charge in [-0.2, -0.15) is 0 Å². The summed E-state index contributed by atoms with van der Waals surface area (Å²) in [6.07, 6.45) is 4.07. The molecule has 4 rings (SSSR count). The number of benzene rings is 1. The third-order valence-electron chi connectivity index (χ3n) is 5.90. The van der Waals surface area contributed by atoms with E-state index < -0.39 is 6.10 Å². The minimum absolute atomic E-state index is 0.0388. The van der Waals surface area contributed by atoms with Crippen LogP contribution in [0.4, 0.5) is 4.39 Å². The Balaban J connectivity index is 1.24. The number of piperidine rings is 1. The van der Waals surface area contributed by atoms with Gasteiger partial charge in [0.15, 0.2) is 0 Å². The molecule has 3 aliphatic heterocycles. The first kappa shape index (κ1) is 18.9. The van der Waals surface area contributed by atoms with Crippen molar-refractivity contribution in [2.24, 2.45) is 11.1 Å². The van der Waals surface area contributed by atoms with Crippen LogP contribution in [-0.4, -0.2) is 59.6 Å². The molecular formula is C21H26FN3O3. The van der Waals surface area contributed by atoms with Gasteiger partial charge in [-0.05, 0) is 43.4 Å². The second-order valence-electron chi connectivity index (χ2n) is 7.89. The lowest BCUT2D eigenvalue weighted by Crippen LogP contribution is -2.47. The summed E-state index contributed by atoms with van der Waals surface area (Å²) in [5.41, 5.74) is 1.74. The lowest BCUT2D eigenvalue weighted by atomic mass is 9.94. The summed E-state index contributed by atoms with van der Waals surface area (Å²) in [7, 11) is 0. The molecule has 1 atom stereocenters. The molecule has 1 unspecified atom stereocenters. The SMILES string of the molecule is O=C(C1CCN(C(=O)C2CC(Cc3ccc(F)cc3)=NO2)CC1)N1CCCC1. The number of likely N-dealkylation sites (tertiary alicyclic amines) is 2. The Morgan fingerprint density at radius 1 is 1.00 bits per heavy atom. The van der Waals surface area contributed by atoms with Crippen LogP contribution in [0.5, 0.6) is 0 Å². The third-order valence-corrected chi connectivity index (χ3v) is 5.90. The topological polar surface area (TPSA) is 62.2 Å². The van der Waals surface area contributed by atoms with E-state index in [9.17, 15) is 14.0 Å². The molecule has 0 aromatic heterocycles. The van der Waals surface area contributed by atoms with Gasteiger partial charge in [0.25, 0.3) is 5.91 Å². The molecule has 0 aliphatic carbocycles. The number of hydrogen-bond acceptors (Lipinski definition) is 4. The van der Waals surface area contributed by atoms with Crippen LogP contribution in [0.3, 0.4) is 0 Å². The number of halogens is 1. The molecule has 3 heterocycles. The summed E-state index contributed by atoms with van der Waals surface area (Å²) in [6, 6.07) is 6.27. The highest BCUT2D eigenvalue weighted by Gasteiger charge is 2.36. The van der Waals surface area contributed by atoms with Crippen molar-refractivity contribution in [3.63, 3.8) is 0 Å². The Morgan fingerprint density at radius 2 is 1.64 bits per heavy atom. The number of amides is 2. The largest absolute Gasteiger partial charge is 0.382 e. The maximum absolute atomic E-state index is 13.0. The molecule has 3 aliphatic rings. The van der Waals surface area contributed by atoms with Gasteiger partial charge in [0.2, 0.25) is 12.0 Å². The second kappa shape index (κ2) is 8.29. The average molecular weight is 387 g/mol. The molecule has 7 heteroatoms. The van der Waals surface area contributed by atoms with Gasteiger partial charge in [0, 0.05) is 44.9 Å². The fourth-order valence-corrected chi connectivity index (χ4v) is 4.25. The Morgan fingerprint density at radius 3 is 2.32 bits per heavy atom. The zero-order chi connectivity index (χ0) is 19.5. The van der Waals surface area contributed by atoms with E-state index in [2.05, 4.69) is 5.16 Å². The third kappa shape index (κ3) is 4.18. The van der Waals surface area contributed by atoms with Gasteiger partial charge >= 0.3 is 0 Å². The Bertz CT molecular complexity index is 751. The van der Waals surface area contributed by atoms with Crippen molar-refractivity contribution in [3.8, 4) is 0 Å². The predicted molar refractivity (Wildman–Crippen MR) is 102 cm³/mol. The maximum Gasteiger partial charge on any atom is 0.266 e. The van der Waals surface area contributed by atoms with Gasteiger partial charge in [-0.1, -0.05) is 17.3 Å². The molecule has 0 spiro atoms. The molecule has 0 bridgehead atoms. The Hall–Kier alpha value is -2.44. The van der Waals surface area contributed by atoms with E-state index in [0.29, 0.717) is 25.9 Å². The lowest BCUT2D eigenvalue weighted by molar-refractivity contribution is -0.146. The molecule has 2 amide bonds. The van der Waals surface area contributed by atoms with Gasteiger partial charge in [-0.3, -0.25) is 9.59 Å². The highest BCUT2D eigenvalue weighted by atomic mass is 19.1. The quantitative estimate of drug-likeness (QED) is 0.797. The van der Waals surface area contributed by atoms with Gasteiger partial charge in [-0.15, -0.1) is 0 Å².